The molecular formula is C22H20N6S2. The van der Waals surface area contributed by atoms with Crippen molar-refractivity contribution in [3.05, 3.63) is 72.3 Å². The van der Waals surface area contributed by atoms with Crippen molar-refractivity contribution in [1.82, 2.24) is 29.5 Å². The van der Waals surface area contributed by atoms with Gasteiger partial charge in [-0.1, -0.05) is 72.1 Å². The molecule has 0 atom stereocenters. The molecule has 0 radical (unpaired) electrons. The van der Waals surface area contributed by atoms with Gasteiger partial charge in [0.2, 0.25) is 0 Å². The van der Waals surface area contributed by atoms with Gasteiger partial charge in [-0.2, -0.15) is 0 Å². The van der Waals surface area contributed by atoms with Crippen LogP contribution in [0.4, 0.5) is 0 Å². The number of aryl methyl sites for hydroxylation is 2. The lowest BCUT2D eigenvalue weighted by molar-refractivity contribution is 0.788. The Morgan fingerprint density at radius 2 is 1.00 bits per heavy atom. The predicted octanol–water partition coefficient (Wildman–Crippen LogP) is 4.83. The van der Waals surface area contributed by atoms with E-state index >= 15 is 0 Å². The molecule has 0 aliphatic heterocycles. The number of hydrogen-bond donors (Lipinski definition) is 0. The Morgan fingerprint density at radius 1 is 0.633 bits per heavy atom. The fraction of sp³-hybridized carbons (Fsp3) is 0.182. The summed E-state index contributed by atoms with van der Waals surface area (Å²) in [6.45, 7) is 0. The lowest BCUT2D eigenvalue weighted by Crippen LogP contribution is -1.96. The highest BCUT2D eigenvalue weighted by Gasteiger charge is 2.15. The third-order valence-corrected chi connectivity index (χ3v) is 7.31. The summed E-state index contributed by atoms with van der Waals surface area (Å²) in [7, 11) is 3.96. The Hall–Kier alpha value is -2.84. The number of rotatable bonds is 6. The second kappa shape index (κ2) is 8.12. The van der Waals surface area contributed by atoms with E-state index in [-0.39, 0.29) is 0 Å². The smallest absolute Gasteiger partial charge is 0.191 e. The molecule has 2 aromatic heterocycles. The van der Waals surface area contributed by atoms with Crippen molar-refractivity contribution in [3.63, 3.8) is 0 Å². The maximum atomic E-state index is 4.23. The summed E-state index contributed by atoms with van der Waals surface area (Å²) in [6, 6.07) is 17.4. The van der Waals surface area contributed by atoms with E-state index in [1.165, 1.54) is 32.7 Å². The quantitative estimate of drug-likeness (QED) is 0.283. The molecule has 0 saturated heterocycles. The summed E-state index contributed by atoms with van der Waals surface area (Å²) >= 11 is 3.44. The van der Waals surface area contributed by atoms with Gasteiger partial charge >= 0.3 is 0 Å². The molecule has 0 aliphatic rings. The van der Waals surface area contributed by atoms with Crippen molar-refractivity contribution in [1.29, 1.82) is 0 Å². The van der Waals surface area contributed by atoms with Crippen molar-refractivity contribution in [2.75, 3.05) is 0 Å². The lowest BCUT2D eigenvalue weighted by atomic mass is 9.93. The van der Waals surface area contributed by atoms with Crippen LogP contribution in [0.3, 0.4) is 0 Å². The van der Waals surface area contributed by atoms with Crippen LogP contribution in [0, 0.1) is 0 Å². The number of hydrogen-bond acceptors (Lipinski definition) is 6. The van der Waals surface area contributed by atoms with E-state index in [9.17, 15) is 0 Å². The molecule has 8 heteroatoms. The summed E-state index contributed by atoms with van der Waals surface area (Å²) in [6.07, 6.45) is 3.48. The number of benzene rings is 3. The molecule has 5 aromatic rings. The molecule has 30 heavy (non-hydrogen) atoms. The zero-order valence-electron chi connectivity index (χ0n) is 16.7. The standard InChI is InChI=1S/C22H20N6S2/c1-27-13-23-25-21(27)29-11-19-15-7-3-5-9-17(15)20(18-10-6-4-8-16(18)19)12-30-22-26-24-14-28(22)2/h3-10,13-14H,11-12H2,1-2H3. The summed E-state index contributed by atoms with van der Waals surface area (Å²) < 4.78 is 3.92. The third kappa shape index (κ3) is 3.46. The van der Waals surface area contributed by atoms with E-state index in [1.807, 2.05) is 23.2 Å². The van der Waals surface area contributed by atoms with Crippen molar-refractivity contribution >= 4 is 45.1 Å². The minimum absolute atomic E-state index is 0.838. The second-order valence-electron chi connectivity index (χ2n) is 7.07. The Balaban J connectivity index is 1.62. The number of nitrogens with zero attached hydrogens (tertiary/aromatic N) is 6. The SMILES string of the molecule is Cn1cnnc1SCc1c2ccccc2c(CSc2nncn2C)c2ccccc12. The zero-order chi connectivity index (χ0) is 20.5. The van der Waals surface area contributed by atoms with Gasteiger partial charge in [0.05, 0.1) is 0 Å². The van der Waals surface area contributed by atoms with Gasteiger partial charge in [-0.25, -0.2) is 0 Å². The summed E-state index contributed by atoms with van der Waals surface area (Å²) in [4.78, 5) is 0. The minimum atomic E-state index is 0.838. The van der Waals surface area contributed by atoms with Crippen LogP contribution in [0.25, 0.3) is 21.5 Å². The monoisotopic (exact) mass is 432 g/mol. The van der Waals surface area contributed by atoms with Crippen molar-refractivity contribution in [2.24, 2.45) is 14.1 Å². The van der Waals surface area contributed by atoms with E-state index in [4.69, 9.17) is 0 Å². The van der Waals surface area contributed by atoms with Gasteiger partial charge in [0.1, 0.15) is 12.7 Å². The van der Waals surface area contributed by atoms with Gasteiger partial charge in [0.25, 0.3) is 0 Å². The Labute approximate surface area is 182 Å². The minimum Gasteiger partial charge on any atom is -0.312 e. The highest BCUT2D eigenvalue weighted by Crippen LogP contribution is 2.38. The van der Waals surface area contributed by atoms with Crippen LogP contribution in [-0.4, -0.2) is 29.5 Å². The van der Waals surface area contributed by atoms with E-state index in [1.54, 1.807) is 36.2 Å². The van der Waals surface area contributed by atoms with E-state index in [0.717, 1.165) is 21.8 Å². The van der Waals surface area contributed by atoms with Gasteiger partial charge in [-0.05, 0) is 32.7 Å². The van der Waals surface area contributed by atoms with E-state index in [2.05, 4.69) is 68.9 Å². The summed E-state index contributed by atoms with van der Waals surface area (Å²) in [5, 5.41) is 23.5. The second-order valence-corrected chi connectivity index (χ2v) is 8.96. The molecule has 6 nitrogen and oxygen atoms in total. The molecule has 0 fully saturated rings. The average Bonchev–Trinajstić information content (AvgIpc) is 3.38. The first-order valence-corrected chi connectivity index (χ1v) is 11.5. The van der Waals surface area contributed by atoms with Crippen LogP contribution in [0.5, 0.6) is 0 Å². The number of aromatic nitrogens is 6. The van der Waals surface area contributed by atoms with Gasteiger partial charge in [-0.3, -0.25) is 0 Å². The van der Waals surface area contributed by atoms with Crippen LogP contribution in [-0.2, 0) is 25.6 Å². The van der Waals surface area contributed by atoms with E-state index < -0.39 is 0 Å². The molecule has 0 bridgehead atoms. The molecule has 2 heterocycles. The molecule has 0 saturated carbocycles. The first-order chi connectivity index (χ1) is 14.7. The van der Waals surface area contributed by atoms with Crippen molar-refractivity contribution < 1.29 is 0 Å². The Morgan fingerprint density at radius 3 is 1.30 bits per heavy atom. The largest absolute Gasteiger partial charge is 0.312 e. The fourth-order valence-electron chi connectivity index (χ4n) is 3.70. The summed E-state index contributed by atoms with van der Waals surface area (Å²) in [5.74, 6) is 1.68. The number of fused-ring (bicyclic) bond motifs is 2. The van der Waals surface area contributed by atoms with Crippen molar-refractivity contribution in [2.45, 2.75) is 21.8 Å². The Bertz CT molecular complexity index is 1180. The average molecular weight is 433 g/mol. The number of thioether (sulfide) groups is 2. The van der Waals surface area contributed by atoms with Gasteiger partial charge < -0.3 is 9.13 Å². The molecule has 0 spiro atoms. The Kier molecular flexibility index (Phi) is 5.18. The predicted molar refractivity (Wildman–Crippen MR) is 123 cm³/mol. The van der Waals surface area contributed by atoms with Crippen LogP contribution >= 0.6 is 23.5 Å². The summed E-state index contributed by atoms with van der Waals surface area (Å²) in [5.41, 5.74) is 2.67. The first kappa shape index (κ1) is 19.1. The normalized spacial score (nSPS) is 11.5. The maximum Gasteiger partial charge on any atom is 0.191 e. The molecule has 5 rings (SSSR count). The molecular weight excluding hydrogens is 412 g/mol. The fourth-order valence-corrected chi connectivity index (χ4v) is 5.58. The molecule has 0 N–H and O–H groups in total. The molecule has 0 unspecified atom stereocenters. The van der Waals surface area contributed by atoms with Gasteiger partial charge in [-0.15, -0.1) is 20.4 Å². The van der Waals surface area contributed by atoms with Gasteiger partial charge in [0, 0.05) is 25.6 Å². The lowest BCUT2D eigenvalue weighted by Gasteiger charge is -2.16. The van der Waals surface area contributed by atoms with Crippen LogP contribution < -0.4 is 0 Å². The zero-order valence-corrected chi connectivity index (χ0v) is 18.3. The highest BCUT2D eigenvalue weighted by molar-refractivity contribution is 7.98. The van der Waals surface area contributed by atoms with E-state index in [0.29, 0.717) is 0 Å². The molecule has 0 aliphatic carbocycles. The first-order valence-electron chi connectivity index (χ1n) is 9.57. The highest BCUT2D eigenvalue weighted by atomic mass is 32.2. The molecule has 0 amide bonds. The van der Waals surface area contributed by atoms with Crippen LogP contribution in [0.15, 0.2) is 71.5 Å². The molecule has 3 aromatic carbocycles. The maximum absolute atomic E-state index is 4.23. The van der Waals surface area contributed by atoms with Crippen LogP contribution in [0.2, 0.25) is 0 Å². The van der Waals surface area contributed by atoms with Crippen LogP contribution in [0.1, 0.15) is 11.1 Å². The molecule has 150 valence electrons. The topological polar surface area (TPSA) is 61.4 Å². The van der Waals surface area contributed by atoms with Gasteiger partial charge in [0.15, 0.2) is 10.3 Å². The van der Waals surface area contributed by atoms with Crippen molar-refractivity contribution in [3.8, 4) is 0 Å². The third-order valence-electron chi connectivity index (χ3n) is 5.19.